The van der Waals surface area contributed by atoms with Gasteiger partial charge in [-0.05, 0) is 24.1 Å². The number of hydrogen-bond acceptors (Lipinski definition) is 4. The van der Waals surface area contributed by atoms with Crippen molar-refractivity contribution in [2.45, 2.75) is 37.2 Å². The van der Waals surface area contributed by atoms with Crippen LogP contribution in [-0.2, 0) is 4.79 Å². The van der Waals surface area contributed by atoms with Crippen LogP contribution in [0.3, 0.4) is 0 Å². The van der Waals surface area contributed by atoms with Crippen LogP contribution in [-0.4, -0.2) is 54.4 Å². The first-order valence-corrected chi connectivity index (χ1v) is 9.77. The van der Waals surface area contributed by atoms with Crippen LogP contribution in [0.2, 0.25) is 0 Å². The largest absolute Gasteiger partial charge is 0.487 e. The lowest BCUT2D eigenvalue weighted by Crippen LogP contribution is -2.52. The molecular formula is C22H26N2O4. The summed E-state index contributed by atoms with van der Waals surface area (Å²) in [4.78, 5) is 28.5. The SMILES string of the molecule is CN(C)C(=O)CC1CC2(CCN(C(=O)c3ccoc3)CC2)Oc2ccccc21. The van der Waals surface area contributed by atoms with E-state index in [0.29, 0.717) is 25.1 Å². The molecule has 148 valence electrons. The monoisotopic (exact) mass is 382 g/mol. The third-order valence-electron chi connectivity index (χ3n) is 5.95. The first kappa shape index (κ1) is 18.6. The van der Waals surface area contributed by atoms with Gasteiger partial charge in [-0.25, -0.2) is 0 Å². The van der Waals surface area contributed by atoms with Crippen LogP contribution >= 0.6 is 0 Å². The average molecular weight is 382 g/mol. The Hall–Kier alpha value is -2.76. The Bertz CT molecular complexity index is 851. The minimum absolute atomic E-state index is 0.000792. The van der Waals surface area contributed by atoms with Crippen LogP contribution in [0.5, 0.6) is 5.75 Å². The van der Waals surface area contributed by atoms with Crippen molar-refractivity contribution in [3.05, 3.63) is 54.0 Å². The molecule has 1 aromatic heterocycles. The summed E-state index contributed by atoms with van der Waals surface area (Å²) in [5.41, 5.74) is 1.37. The highest BCUT2D eigenvalue weighted by molar-refractivity contribution is 5.93. The van der Waals surface area contributed by atoms with Crippen LogP contribution in [0.25, 0.3) is 0 Å². The van der Waals surface area contributed by atoms with Crippen LogP contribution in [0.1, 0.15) is 47.5 Å². The predicted molar refractivity (Wildman–Crippen MR) is 104 cm³/mol. The van der Waals surface area contributed by atoms with Gasteiger partial charge in [0.25, 0.3) is 5.91 Å². The van der Waals surface area contributed by atoms with E-state index in [2.05, 4.69) is 6.07 Å². The maximum atomic E-state index is 12.6. The lowest BCUT2D eigenvalue weighted by Gasteiger charge is -2.47. The standard InChI is InChI=1S/C22H26N2O4/c1-23(2)20(25)13-17-14-22(28-19-6-4-3-5-18(17)19)8-10-24(11-9-22)21(26)16-7-12-27-15-16/h3-7,12,15,17H,8-11,13-14H2,1-2H3. The molecule has 2 amide bonds. The van der Waals surface area contributed by atoms with E-state index in [4.69, 9.17) is 9.15 Å². The second kappa shape index (κ2) is 7.34. The van der Waals surface area contributed by atoms with Gasteiger partial charge in [-0.15, -0.1) is 0 Å². The van der Waals surface area contributed by atoms with E-state index < -0.39 is 0 Å². The normalized spacial score (nSPS) is 20.4. The lowest BCUT2D eigenvalue weighted by molar-refractivity contribution is -0.129. The number of likely N-dealkylation sites (tertiary alicyclic amines) is 1. The zero-order valence-electron chi connectivity index (χ0n) is 16.4. The van der Waals surface area contributed by atoms with E-state index in [1.54, 1.807) is 25.1 Å². The molecule has 2 aliphatic rings. The second-order valence-electron chi connectivity index (χ2n) is 8.02. The molecule has 28 heavy (non-hydrogen) atoms. The molecule has 2 aliphatic heterocycles. The van der Waals surface area contributed by atoms with Crippen molar-refractivity contribution in [1.29, 1.82) is 0 Å². The van der Waals surface area contributed by atoms with Crippen molar-refractivity contribution in [2.24, 2.45) is 0 Å². The number of para-hydroxylation sites is 1. The number of carbonyl (C=O) groups is 2. The van der Waals surface area contributed by atoms with Gasteiger partial charge in [-0.3, -0.25) is 9.59 Å². The third-order valence-corrected chi connectivity index (χ3v) is 5.95. The Labute approximate surface area is 165 Å². The molecule has 2 aromatic rings. The molecule has 1 spiro atoms. The summed E-state index contributed by atoms with van der Waals surface area (Å²) >= 11 is 0. The van der Waals surface area contributed by atoms with Gasteiger partial charge < -0.3 is 19.0 Å². The molecular weight excluding hydrogens is 356 g/mol. The topological polar surface area (TPSA) is 63.0 Å². The van der Waals surface area contributed by atoms with E-state index in [1.807, 2.05) is 23.1 Å². The van der Waals surface area contributed by atoms with E-state index in [1.165, 1.54) is 12.5 Å². The van der Waals surface area contributed by atoms with E-state index in [0.717, 1.165) is 30.6 Å². The second-order valence-corrected chi connectivity index (χ2v) is 8.02. The number of nitrogens with zero attached hydrogens (tertiary/aromatic N) is 2. The van der Waals surface area contributed by atoms with Gasteiger partial charge in [0.05, 0.1) is 11.8 Å². The Morgan fingerprint density at radius 1 is 1.18 bits per heavy atom. The molecule has 3 heterocycles. The van der Waals surface area contributed by atoms with Gasteiger partial charge in [-0.1, -0.05) is 18.2 Å². The van der Waals surface area contributed by atoms with E-state index in [-0.39, 0.29) is 23.3 Å². The summed E-state index contributed by atoms with van der Waals surface area (Å²) in [6.07, 6.45) is 5.81. The van der Waals surface area contributed by atoms with E-state index in [9.17, 15) is 9.59 Å². The predicted octanol–water partition coefficient (Wildman–Crippen LogP) is 3.30. The average Bonchev–Trinajstić information content (AvgIpc) is 3.23. The third kappa shape index (κ3) is 3.51. The van der Waals surface area contributed by atoms with Gasteiger partial charge in [0.2, 0.25) is 5.91 Å². The molecule has 1 saturated heterocycles. The number of piperidine rings is 1. The molecule has 1 atom stereocenters. The highest BCUT2D eigenvalue weighted by Crippen LogP contribution is 2.46. The molecule has 0 saturated carbocycles. The molecule has 4 rings (SSSR count). The van der Waals surface area contributed by atoms with Crippen molar-refractivity contribution >= 4 is 11.8 Å². The molecule has 1 fully saturated rings. The Morgan fingerprint density at radius 3 is 2.61 bits per heavy atom. The molecule has 0 aliphatic carbocycles. The zero-order chi connectivity index (χ0) is 19.7. The highest BCUT2D eigenvalue weighted by Gasteiger charge is 2.44. The number of fused-ring (bicyclic) bond motifs is 1. The van der Waals surface area contributed by atoms with Crippen molar-refractivity contribution in [3.63, 3.8) is 0 Å². The lowest BCUT2D eigenvalue weighted by atomic mass is 9.76. The molecule has 0 radical (unpaired) electrons. The smallest absolute Gasteiger partial charge is 0.257 e. The summed E-state index contributed by atoms with van der Waals surface area (Å²) < 4.78 is 11.5. The summed E-state index contributed by atoms with van der Waals surface area (Å²) in [6.45, 7) is 1.28. The quantitative estimate of drug-likeness (QED) is 0.817. The fourth-order valence-electron chi connectivity index (χ4n) is 4.31. The van der Waals surface area contributed by atoms with Crippen molar-refractivity contribution in [3.8, 4) is 5.75 Å². The minimum atomic E-state index is -0.321. The molecule has 1 aromatic carbocycles. The summed E-state index contributed by atoms with van der Waals surface area (Å²) in [5, 5.41) is 0. The van der Waals surface area contributed by atoms with Crippen LogP contribution in [0.4, 0.5) is 0 Å². The number of carbonyl (C=O) groups excluding carboxylic acids is 2. The van der Waals surface area contributed by atoms with Crippen LogP contribution in [0, 0.1) is 0 Å². The highest BCUT2D eigenvalue weighted by atomic mass is 16.5. The molecule has 0 bridgehead atoms. The fourth-order valence-corrected chi connectivity index (χ4v) is 4.31. The Morgan fingerprint density at radius 2 is 1.93 bits per heavy atom. The number of rotatable bonds is 3. The molecule has 1 unspecified atom stereocenters. The van der Waals surface area contributed by atoms with Crippen LogP contribution in [0.15, 0.2) is 47.3 Å². The summed E-state index contributed by atoms with van der Waals surface area (Å²) in [6, 6.07) is 9.72. The Kier molecular flexibility index (Phi) is 4.87. The molecule has 0 N–H and O–H groups in total. The van der Waals surface area contributed by atoms with Crippen molar-refractivity contribution in [1.82, 2.24) is 9.80 Å². The van der Waals surface area contributed by atoms with Gasteiger partial charge in [0.1, 0.15) is 17.6 Å². The maximum Gasteiger partial charge on any atom is 0.257 e. The maximum absolute atomic E-state index is 12.6. The van der Waals surface area contributed by atoms with Crippen molar-refractivity contribution in [2.75, 3.05) is 27.2 Å². The molecule has 6 heteroatoms. The van der Waals surface area contributed by atoms with Gasteiger partial charge >= 0.3 is 0 Å². The number of ether oxygens (including phenoxy) is 1. The van der Waals surface area contributed by atoms with Gasteiger partial charge in [0, 0.05) is 52.4 Å². The number of hydrogen-bond donors (Lipinski definition) is 0. The first-order valence-electron chi connectivity index (χ1n) is 9.77. The number of benzene rings is 1. The molecule has 6 nitrogen and oxygen atoms in total. The van der Waals surface area contributed by atoms with Crippen LogP contribution < -0.4 is 4.74 Å². The number of amides is 2. The van der Waals surface area contributed by atoms with Gasteiger partial charge in [-0.2, -0.15) is 0 Å². The Balaban J connectivity index is 1.51. The van der Waals surface area contributed by atoms with Gasteiger partial charge in [0.15, 0.2) is 0 Å². The minimum Gasteiger partial charge on any atom is -0.487 e. The first-order chi connectivity index (χ1) is 13.5. The summed E-state index contributed by atoms with van der Waals surface area (Å²) in [7, 11) is 3.59. The van der Waals surface area contributed by atoms with E-state index >= 15 is 0 Å². The summed E-state index contributed by atoms with van der Waals surface area (Å²) in [5.74, 6) is 1.14. The number of furan rings is 1. The zero-order valence-corrected chi connectivity index (χ0v) is 16.4. The van der Waals surface area contributed by atoms with Crippen molar-refractivity contribution < 1.29 is 18.7 Å². The fraction of sp³-hybridized carbons (Fsp3) is 0.455.